The number of hydrogen-bond donors (Lipinski definition) is 2. The Balaban J connectivity index is 2.12. The van der Waals surface area contributed by atoms with Crippen LogP contribution in [0.2, 0.25) is 0 Å². The van der Waals surface area contributed by atoms with Crippen LogP contribution in [0.1, 0.15) is 12.5 Å². The highest BCUT2D eigenvalue weighted by Gasteiger charge is 2.26. The fourth-order valence-corrected chi connectivity index (χ4v) is 2.35. The number of aliphatic hydroxyl groups is 1. The zero-order chi connectivity index (χ0) is 13.8. The number of anilines is 1. The summed E-state index contributed by atoms with van der Waals surface area (Å²) in [6.07, 6.45) is -0.108. The molecule has 0 spiro atoms. The van der Waals surface area contributed by atoms with Gasteiger partial charge in [0.2, 0.25) is 0 Å². The van der Waals surface area contributed by atoms with Gasteiger partial charge in [0.15, 0.2) is 0 Å². The highest BCUT2D eigenvalue weighted by molar-refractivity contribution is 5.47. The number of hydrogen-bond acceptors (Lipinski definition) is 5. The van der Waals surface area contributed by atoms with Crippen molar-refractivity contribution in [2.24, 2.45) is 0 Å². The Morgan fingerprint density at radius 1 is 1.53 bits per heavy atom. The van der Waals surface area contributed by atoms with E-state index in [1.807, 2.05) is 18.2 Å². The summed E-state index contributed by atoms with van der Waals surface area (Å²) in [5.41, 5.74) is 7.63. The second-order valence-corrected chi connectivity index (χ2v) is 4.99. The standard InChI is InChI=1S/C14H22N2O3/c1-10-9-19-13(8-17)7-16(10)6-11-5-12(15)3-4-14(11)18-2/h3-5,10,13,17H,6-9,15H2,1-2H3. The number of methoxy groups -OCH3 is 1. The van der Waals surface area contributed by atoms with E-state index in [1.54, 1.807) is 7.11 Å². The van der Waals surface area contributed by atoms with Crippen LogP contribution in [0.15, 0.2) is 18.2 Å². The lowest BCUT2D eigenvalue weighted by molar-refractivity contribution is -0.0806. The van der Waals surface area contributed by atoms with Crippen molar-refractivity contribution in [3.05, 3.63) is 23.8 Å². The Bertz CT molecular complexity index is 425. The Kier molecular flexibility index (Phi) is 4.63. The van der Waals surface area contributed by atoms with E-state index >= 15 is 0 Å². The molecule has 2 atom stereocenters. The van der Waals surface area contributed by atoms with E-state index in [0.29, 0.717) is 12.6 Å². The highest BCUT2D eigenvalue weighted by Crippen LogP contribution is 2.24. The molecule has 0 radical (unpaired) electrons. The van der Waals surface area contributed by atoms with Crippen molar-refractivity contribution in [1.29, 1.82) is 0 Å². The molecule has 106 valence electrons. The van der Waals surface area contributed by atoms with Gasteiger partial charge >= 0.3 is 0 Å². The van der Waals surface area contributed by atoms with E-state index in [0.717, 1.165) is 30.1 Å². The Morgan fingerprint density at radius 2 is 2.32 bits per heavy atom. The summed E-state index contributed by atoms with van der Waals surface area (Å²) in [5.74, 6) is 0.841. The molecule has 0 amide bonds. The maximum absolute atomic E-state index is 9.21. The minimum atomic E-state index is -0.108. The van der Waals surface area contributed by atoms with Crippen LogP contribution < -0.4 is 10.5 Å². The van der Waals surface area contributed by atoms with Gasteiger partial charge in [0, 0.05) is 30.4 Å². The van der Waals surface area contributed by atoms with Gasteiger partial charge in [-0.05, 0) is 25.1 Å². The summed E-state index contributed by atoms with van der Waals surface area (Å²) in [7, 11) is 1.66. The second-order valence-electron chi connectivity index (χ2n) is 4.99. The lowest BCUT2D eigenvalue weighted by Crippen LogP contribution is -2.48. The van der Waals surface area contributed by atoms with Crippen LogP contribution >= 0.6 is 0 Å². The number of morpholine rings is 1. The Hall–Kier alpha value is -1.30. The molecule has 5 heteroatoms. The van der Waals surface area contributed by atoms with E-state index in [-0.39, 0.29) is 12.7 Å². The molecule has 1 heterocycles. The molecule has 1 aromatic carbocycles. The topological polar surface area (TPSA) is 68.0 Å². The fourth-order valence-electron chi connectivity index (χ4n) is 2.35. The van der Waals surface area contributed by atoms with Gasteiger partial charge in [-0.1, -0.05) is 0 Å². The number of aliphatic hydroxyl groups excluding tert-OH is 1. The molecule has 0 bridgehead atoms. The average molecular weight is 266 g/mol. The molecular weight excluding hydrogens is 244 g/mol. The molecule has 1 aliphatic heterocycles. The van der Waals surface area contributed by atoms with Gasteiger partial charge in [-0.15, -0.1) is 0 Å². The zero-order valence-electron chi connectivity index (χ0n) is 11.5. The number of rotatable bonds is 4. The summed E-state index contributed by atoms with van der Waals surface area (Å²) in [4.78, 5) is 2.28. The first kappa shape index (κ1) is 14.1. The van der Waals surface area contributed by atoms with Crippen molar-refractivity contribution in [3.8, 4) is 5.75 Å². The molecule has 2 unspecified atom stereocenters. The van der Waals surface area contributed by atoms with Crippen LogP contribution in [0.4, 0.5) is 5.69 Å². The van der Waals surface area contributed by atoms with Gasteiger partial charge in [-0.2, -0.15) is 0 Å². The van der Waals surface area contributed by atoms with Gasteiger partial charge in [0.1, 0.15) is 5.75 Å². The predicted molar refractivity (Wildman–Crippen MR) is 74.1 cm³/mol. The van der Waals surface area contributed by atoms with Crippen molar-refractivity contribution in [3.63, 3.8) is 0 Å². The fraction of sp³-hybridized carbons (Fsp3) is 0.571. The summed E-state index contributed by atoms with van der Waals surface area (Å²) >= 11 is 0. The summed E-state index contributed by atoms with van der Waals surface area (Å²) in [6, 6.07) is 5.98. The van der Waals surface area contributed by atoms with E-state index < -0.39 is 0 Å². The smallest absolute Gasteiger partial charge is 0.123 e. The Labute approximate surface area is 113 Å². The number of nitrogen functional groups attached to an aromatic ring is 1. The van der Waals surface area contributed by atoms with Crippen molar-refractivity contribution in [2.75, 3.05) is 32.6 Å². The molecular formula is C14H22N2O3. The van der Waals surface area contributed by atoms with E-state index in [9.17, 15) is 5.11 Å². The van der Waals surface area contributed by atoms with E-state index in [1.165, 1.54) is 0 Å². The molecule has 1 fully saturated rings. The molecule has 19 heavy (non-hydrogen) atoms. The monoisotopic (exact) mass is 266 g/mol. The normalized spacial score (nSPS) is 24.4. The van der Waals surface area contributed by atoms with Gasteiger partial charge in [0.05, 0.1) is 26.4 Å². The number of nitrogens with zero attached hydrogens (tertiary/aromatic N) is 1. The predicted octanol–water partition coefficient (Wildman–Crippen LogP) is 0.859. The van der Waals surface area contributed by atoms with Crippen molar-refractivity contribution in [1.82, 2.24) is 4.90 Å². The van der Waals surface area contributed by atoms with Crippen molar-refractivity contribution in [2.45, 2.75) is 25.6 Å². The van der Waals surface area contributed by atoms with E-state index in [4.69, 9.17) is 15.2 Å². The molecule has 0 aromatic heterocycles. The number of ether oxygens (including phenoxy) is 2. The molecule has 5 nitrogen and oxygen atoms in total. The van der Waals surface area contributed by atoms with Crippen LogP contribution in [-0.4, -0.2) is 49.0 Å². The number of benzene rings is 1. The molecule has 1 saturated heterocycles. The molecule has 2 rings (SSSR count). The minimum absolute atomic E-state index is 0.0529. The third kappa shape index (κ3) is 3.37. The quantitative estimate of drug-likeness (QED) is 0.791. The van der Waals surface area contributed by atoms with Crippen LogP contribution in [0.5, 0.6) is 5.75 Å². The van der Waals surface area contributed by atoms with E-state index in [2.05, 4.69) is 11.8 Å². The third-order valence-electron chi connectivity index (χ3n) is 3.52. The van der Waals surface area contributed by atoms with Crippen molar-refractivity contribution >= 4 is 5.69 Å². The maximum Gasteiger partial charge on any atom is 0.123 e. The Morgan fingerprint density at radius 3 is 3.00 bits per heavy atom. The van der Waals surface area contributed by atoms with Gasteiger partial charge < -0.3 is 20.3 Å². The van der Waals surface area contributed by atoms with Gasteiger partial charge in [-0.3, -0.25) is 4.90 Å². The highest BCUT2D eigenvalue weighted by atomic mass is 16.5. The SMILES string of the molecule is COc1ccc(N)cc1CN1CC(CO)OCC1C. The van der Waals surface area contributed by atoms with Gasteiger partial charge in [0.25, 0.3) is 0 Å². The molecule has 1 aromatic rings. The molecule has 0 saturated carbocycles. The summed E-state index contributed by atoms with van der Waals surface area (Å²) < 4.78 is 10.9. The van der Waals surface area contributed by atoms with Crippen LogP contribution in [0, 0.1) is 0 Å². The van der Waals surface area contributed by atoms with Gasteiger partial charge in [-0.25, -0.2) is 0 Å². The number of nitrogens with two attached hydrogens (primary N) is 1. The maximum atomic E-state index is 9.21. The van der Waals surface area contributed by atoms with Crippen molar-refractivity contribution < 1.29 is 14.6 Å². The molecule has 1 aliphatic rings. The zero-order valence-corrected chi connectivity index (χ0v) is 11.5. The van der Waals surface area contributed by atoms with Crippen LogP contribution in [0.3, 0.4) is 0 Å². The largest absolute Gasteiger partial charge is 0.496 e. The third-order valence-corrected chi connectivity index (χ3v) is 3.52. The molecule has 0 aliphatic carbocycles. The first-order valence-electron chi connectivity index (χ1n) is 6.53. The summed E-state index contributed by atoms with van der Waals surface area (Å²) in [5, 5.41) is 9.21. The first-order chi connectivity index (χ1) is 9.13. The summed E-state index contributed by atoms with van der Waals surface area (Å²) in [6.45, 7) is 4.27. The first-order valence-corrected chi connectivity index (χ1v) is 6.53. The minimum Gasteiger partial charge on any atom is -0.496 e. The average Bonchev–Trinajstić information content (AvgIpc) is 2.41. The van der Waals surface area contributed by atoms with Crippen LogP contribution in [0.25, 0.3) is 0 Å². The second kappa shape index (κ2) is 6.23. The molecule has 3 N–H and O–H groups in total. The van der Waals surface area contributed by atoms with Crippen LogP contribution in [-0.2, 0) is 11.3 Å². The lowest BCUT2D eigenvalue weighted by atomic mass is 10.1. The lowest BCUT2D eigenvalue weighted by Gasteiger charge is -2.37.